The van der Waals surface area contributed by atoms with Gasteiger partial charge in [-0.05, 0) is 30.6 Å². The number of urea groups is 1. The fourth-order valence-electron chi connectivity index (χ4n) is 2.15. The largest absolute Gasteiger partial charge is 0.481 e. The van der Waals surface area contributed by atoms with Crippen molar-refractivity contribution in [3.8, 4) is 0 Å². The summed E-state index contributed by atoms with van der Waals surface area (Å²) in [7, 11) is 0. The van der Waals surface area contributed by atoms with Crippen LogP contribution in [0.25, 0.3) is 0 Å². The number of hydrogen-bond donors (Lipinski definition) is 2. The van der Waals surface area contributed by atoms with Gasteiger partial charge in [-0.25, -0.2) is 4.79 Å². The molecule has 1 aliphatic rings. The number of carboxylic acids is 1. The summed E-state index contributed by atoms with van der Waals surface area (Å²) in [5.74, 6) is -0.241. The summed E-state index contributed by atoms with van der Waals surface area (Å²) in [6.45, 7) is 9.42. The molecule has 1 unspecified atom stereocenters. The molecule has 1 rings (SSSR count). The number of rotatable bonds is 7. The van der Waals surface area contributed by atoms with E-state index in [0.717, 1.165) is 19.5 Å². The Morgan fingerprint density at radius 1 is 1.35 bits per heavy atom. The van der Waals surface area contributed by atoms with Crippen LogP contribution in [0.15, 0.2) is 0 Å². The third kappa shape index (κ3) is 5.80. The number of nitrogens with one attached hydrogen (secondary N) is 1. The van der Waals surface area contributed by atoms with Gasteiger partial charge >= 0.3 is 12.0 Å². The van der Waals surface area contributed by atoms with Crippen LogP contribution in [0, 0.1) is 11.3 Å². The Hall–Kier alpha value is -1.26. The first kappa shape index (κ1) is 16.8. The van der Waals surface area contributed by atoms with Gasteiger partial charge in [0.25, 0.3) is 0 Å². The standard InChI is InChI=1S/C15H28N2O3/c1-5-8-17(10-11-6-7-11)14(20)16-12(9-13(18)19)15(2,3)4/h11-12H,5-10H2,1-4H3,(H,16,20)(H,18,19). The number of amides is 2. The van der Waals surface area contributed by atoms with E-state index in [9.17, 15) is 9.59 Å². The molecule has 1 fully saturated rings. The summed E-state index contributed by atoms with van der Waals surface area (Å²) in [6.07, 6.45) is 3.27. The molecular weight excluding hydrogens is 256 g/mol. The van der Waals surface area contributed by atoms with Crippen molar-refractivity contribution < 1.29 is 14.7 Å². The molecule has 0 aromatic heterocycles. The van der Waals surface area contributed by atoms with E-state index in [2.05, 4.69) is 5.32 Å². The number of aliphatic carboxylic acids is 1. The molecule has 20 heavy (non-hydrogen) atoms. The van der Waals surface area contributed by atoms with Crippen LogP contribution in [0.2, 0.25) is 0 Å². The number of carboxylic acid groups (broad SMARTS) is 1. The van der Waals surface area contributed by atoms with E-state index in [0.29, 0.717) is 5.92 Å². The first-order chi connectivity index (χ1) is 9.24. The molecule has 2 N–H and O–H groups in total. The average Bonchev–Trinajstić information content (AvgIpc) is 3.09. The summed E-state index contributed by atoms with van der Waals surface area (Å²) >= 11 is 0. The smallest absolute Gasteiger partial charge is 0.317 e. The SMILES string of the molecule is CCCN(CC1CC1)C(=O)NC(CC(=O)O)C(C)(C)C. The summed E-state index contributed by atoms with van der Waals surface area (Å²) in [5, 5.41) is 11.9. The van der Waals surface area contributed by atoms with Gasteiger partial charge < -0.3 is 15.3 Å². The quantitative estimate of drug-likeness (QED) is 0.755. The normalized spacial score (nSPS) is 16.6. The van der Waals surface area contributed by atoms with Crippen LogP contribution < -0.4 is 5.32 Å². The maximum Gasteiger partial charge on any atom is 0.317 e. The van der Waals surface area contributed by atoms with E-state index < -0.39 is 5.97 Å². The van der Waals surface area contributed by atoms with Crippen molar-refractivity contribution in [2.75, 3.05) is 13.1 Å². The molecule has 0 spiro atoms. The Kier molecular flexibility index (Phi) is 5.84. The number of carbonyl (C=O) groups is 2. The molecule has 5 nitrogen and oxygen atoms in total. The van der Waals surface area contributed by atoms with Crippen molar-refractivity contribution in [3.05, 3.63) is 0 Å². The minimum Gasteiger partial charge on any atom is -0.481 e. The van der Waals surface area contributed by atoms with Crippen LogP contribution in [-0.4, -0.2) is 41.1 Å². The molecule has 1 saturated carbocycles. The van der Waals surface area contributed by atoms with E-state index in [1.807, 2.05) is 32.6 Å². The minimum atomic E-state index is -0.880. The van der Waals surface area contributed by atoms with Gasteiger partial charge in [0.1, 0.15) is 0 Å². The number of hydrogen-bond acceptors (Lipinski definition) is 2. The van der Waals surface area contributed by atoms with Gasteiger partial charge in [-0.1, -0.05) is 27.7 Å². The lowest BCUT2D eigenvalue weighted by molar-refractivity contribution is -0.138. The van der Waals surface area contributed by atoms with Crippen molar-refractivity contribution >= 4 is 12.0 Å². The Bertz CT molecular complexity index is 346. The molecule has 0 heterocycles. The topological polar surface area (TPSA) is 69.6 Å². The molecule has 0 aliphatic heterocycles. The maximum absolute atomic E-state index is 12.4. The van der Waals surface area contributed by atoms with E-state index in [1.54, 1.807) is 0 Å². The number of carbonyl (C=O) groups excluding carboxylic acids is 1. The van der Waals surface area contributed by atoms with Crippen LogP contribution in [0.1, 0.15) is 53.4 Å². The Labute approximate surface area is 121 Å². The molecular formula is C15H28N2O3. The van der Waals surface area contributed by atoms with E-state index >= 15 is 0 Å². The predicted octanol–water partition coefficient (Wildman–Crippen LogP) is 2.71. The first-order valence-electron chi connectivity index (χ1n) is 7.51. The molecule has 116 valence electrons. The van der Waals surface area contributed by atoms with Crippen LogP contribution >= 0.6 is 0 Å². The highest BCUT2D eigenvalue weighted by Gasteiger charge is 2.31. The van der Waals surface area contributed by atoms with Crippen LogP contribution in [-0.2, 0) is 4.79 Å². The molecule has 0 radical (unpaired) electrons. The molecule has 2 amide bonds. The van der Waals surface area contributed by atoms with Crippen LogP contribution in [0.4, 0.5) is 4.79 Å². The zero-order chi connectivity index (χ0) is 15.3. The lowest BCUT2D eigenvalue weighted by Gasteiger charge is -2.33. The molecule has 1 aliphatic carbocycles. The van der Waals surface area contributed by atoms with Crippen LogP contribution in [0.5, 0.6) is 0 Å². The van der Waals surface area contributed by atoms with Gasteiger partial charge in [0.05, 0.1) is 6.42 Å². The Balaban J connectivity index is 2.63. The Morgan fingerprint density at radius 3 is 2.35 bits per heavy atom. The zero-order valence-corrected chi connectivity index (χ0v) is 13.1. The fraction of sp³-hybridized carbons (Fsp3) is 0.867. The lowest BCUT2D eigenvalue weighted by Crippen LogP contribution is -2.51. The third-order valence-electron chi connectivity index (χ3n) is 3.68. The lowest BCUT2D eigenvalue weighted by atomic mass is 9.85. The summed E-state index contributed by atoms with van der Waals surface area (Å²) in [5.41, 5.74) is -0.272. The first-order valence-corrected chi connectivity index (χ1v) is 7.51. The van der Waals surface area contributed by atoms with E-state index in [1.165, 1.54) is 12.8 Å². The molecule has 0 bridgehead atoms. The molecule has 0 saturated heterocycles. The predicted molar refractivity (Wildman–Crippen MR) is 78.6 cm³/mol. The van der Waals surface area contributed by atoms with Gasteiger partial charge in [0.2, 0.25) is 0 Å². The maximum atomic E-state index is 12.4. The summed E-state index contributed by atoms with van der Waals surface area (Å²) in [6, 6.07) is -0.481. The van der Waals surface area contributed by atoms with Gasteiger partial charge in [-0.3, -0.25) is 4.79 Å². The number of nitrogens with zero attached hydrogens (tertiary/aromatic N) is 1. The summed E-state index contributed by atoms with van der Waals surface area (Å²) in [4.78, 5) is 25.1. The van der Waals surface area contributed by atoms with Crippen molar-refractivity contribution in [2.45, 2.75) is 59.4 Å². The molecule has 1 atom stereocenters. The van der Waals surface area contributed by atoms with E-state index in [4.69, 9.17) is 5.11 Å². The zero-order valence-electron chi connectivity index (χ0n) is 13.1. The van der Waals surface area contributed by atoms with Gasteiger partial charge in [0, 0.05) is 19.1 Å². The second kappa shape index (κ2) is 6.95. The average molecular weight is 284 g/mol. The van der Waals surface area contributed by atoms with Crippen molar-refractivity contribution in [1.82, 2.24) is 10.2 Å². The van der Waals surface area contributed by atoms with E-state index in [-0.39, 0.29) is 23.9 Å². The second-order valence-corrected chi connectivity index (χ2v) is 6.86. The van der Waals surface area contributed by atoms with Gasteiger partial charge in [0.15, 0.2) is 0 Å². The summed E-state index contributed by atoms with van der Waals surface area (Å²) < 4.78 is 0. The Morgan fingerprint density at radius 2 is 1.95 bits per heavy atom. The third-order valence-corrected chi connectivity index (χ3v) is 3.68. The molecule has 0 aromatic rings. The van der Waals surface area contributed by atoms with Gasteiger partial charge in [-0.2, -0.15) is 0 Å². The fourth-order valence-corrected chi connectivity index (χ4v) is 2.15. The molecule has 5 heteroatoms. The monoisotopic (exact) mass is 284 g/mol. The van der Waals surface area contributed by atoms with Crippen LogP contribution in [0.3, 0.4) is 0 Å². The second-order valence-electron chi connectivity index (χ2n) is 6.86. The van der Waals surface area contributed by atoms with Crippen molar-refractivity contribution in [1.29, 1.82) is 0 Å². The highest BCUT2D eigenvalue weighted by molar-refractivity contribution is 5.76. The van der Waals surface area contributed by atoms with Crippen molar-refractivity contribution in [3.63, 3.8) is 0 Å². The van der Waals surface area contributed by atoms with Gasteiger partial charge in [-0.15, -0.1) is 0 Å². The highest BCUT2D eigenvalue weighted by atomic mass is 16.4. The highest BCUT2D eigenvalue weighted by Crippen LogP contribution is 2.30. The van der Waals surface area contributed by atoms with Crippen molar-refractivity contribution in [2.24, 2.45) is 11.3 Å². The molecule has 0 aromatic carbocycles. The minimum absolute atomic E-state index is 0.0430.